The summed E-state index contributed by atoms with van der Waals surface area (Å²) in [5, 5.41) is 2.47. The number of fused-ring (bicyclic) bond motifs is 1. The van der Waals surface area contributed by atoms with Gasteiger partial charge in [-0.05, 0) is 67.1 Å². The van der Waals surface area contributed by atoms with Gasteiger partial charge >= 0.3 is 0 Å². The first-order valence-electron chi connectivity index (χ1n) is 10.3. The Balaban J connectivity index is 1.84. The van der Waals surface area contributed by atoms with E-state index in [0.29, 0.717) is 10.0 Å². The van der Waals surface area contributed by atoms with Gasteiger partial charge in [0.2, 0.25) is 0 Å². The summed E-state index contributed by atoms with van der Waals surface area (Å²) in [5.41, 5.74) is 0.685. The lowest BCUT2D eigenvalue weighted by Gasteiger charge is -2.36. The van der Waals surface area contributed by atoms with Gasteiger partial charge in [-0.15, -0.1) is 11.6 Å². The van der Waals surface area contributed by atoms with E-state index in [2.05, 4.69) is 0 Å². The quantitative estimate of drug-likeness (QED) is 0.236. The van der Waals surface area contributed by atoms with Crippen molar-refractivity contribution in [2.45, 2.75) is 12.5 Å². The molecule has 0 radical (unpaired) electrons. The molecule has 0 N–H and O–H groups in total. The Morgan fingerprint density at radius 2 is 1.24 bits per heavy atom. The molecule has 9 heteroatoms. The number of amides is 3. The zero-order valence-electron chi connectivity index (χ0n) is 17.6. The van der Waals surface area contributed by atoms with Crippen LogP contribution in [0.1, 0.15) is 47.9 Å². The molecule has 0 saturated heterocycles. The first-order chi connectivity index (χ1) is 16.3. The van der Waals surface area contributed by atoms with Crippen molar-refractivity contribution in [1.82, 2.24) is 10.0 Å². The maximum atomic E-state index is 13.7. The van der Waals surface area contributed by atoms with Crippen molar-refractivity contribution in [1.29, 1.82) is 0 Å². The molecule has 0 fully saturated rings. The van der Waals surface area contributed by atoms with E-state index in [1.54, 1.807) is 24.3 Å². The van der Waals surface area contributed by atoms with E-state index in [0.717, 1.165) is 10.0 Å². The van der Waals surface area contributed by atoms with E-state index in [1.165, 1.54) is 48.5 Å². The molecule has 6 nitrogen and oxygen atoms in total. The zero-order chi connectivity index (χ0) is 24.4. The van der Waals surface area contributed by atoms with Gasteiger partial charge in [0.1, 0.15) is 6.04 Å². The Hall–Kier alpha value is -3.19. The van der Waals surface area contributed by atoms with Crippen molar-refractivity contribution < 1.29 is 19.2 Å². The number of ketones is 1. The minimum absolute atomic E-state index is 0.00242. The molecule has 3 aromatic carbocycles. The maximum Gasteiger partial charge on any atom is 0.280 e. The molecular formula is C25H17Cl3N2O4. The Bertz CT molecular complexity index is 1240. The van der Waals surface area contributed by atoms with Gasteiger partial charge in [0.05, 0.1) is 11.1 Å². The van der Waals surface area contributed by atoms with Gasteiger partial charge in [0.25, 0.3) is 17.7 Å². The number of carbonyl (C=O) groups excluding carboxylic acids is 4. The third-order valence-electron chi connectivity index (χ3n) is 5.40. The van der Waals surface area contributed by atoms with Crippen molar-refractivity contribution in [2.24, 2.45) is 0 Å². The number of Topliss-reactive ketones (excluding diaryl/α,β-unsaturated/α-hetero) is 1. The number of alkyl halides is 1. The molecule has 0 spiro atoms. The number of hydrazine groups is 1. The number of carbonyl (C=O) groups is 4. The van der Waals surface area contributed by atoms with Crippen molar-refractivity contribution in [3.63, 3.8) is 0 Å². The standard InChI is InChI=1S/C25H17Cl3N2O4/c26-14-13-21(22(31)15-5-9-17(27)10-6-15)29(23(32)16-7-11-18(28)12-8-16)30-24(33)19-3-1-2-4-20(19)25(30)34/h1-12,21H,13-14H2/t21-/m0/s1. The number of rotatable bonds is 7. The summed E-state index contributed by atoms with van der Waals surface area (Å²) >= 11 is 17.9. The predicted octanol–water partition coefficient (Wildman–Crippen LogP) is 5.53. The first kappa shape index (κ1) is 24.0. The molecule has 3 aromatic rings. The van der Waals surface area contributed by atoms with Crippen LogP contribution in [0.25, 0.3) is 0 Å². The second-order valence-electron chi connectivity index (χ2n) is 7.49. The zero-order valence-corrected chi connectivity index (χ0v) is 19.8. The first-order valence-corrected chi connectivity index (χ1v) is 11.5. The summed E-state index contributed by atoms with van der Waals surface area (Å²) in [6.07, 6.45) is -0.00422. The predicted molar refractivity (Wildman–Crippen MR) is 129 cm³/mol. The summed E-state index contributed by atoms with van der Waals surface area (Å²) in [6, 6.07) is 17.0. The monoisotopic (exact) mass is 514 g/mol. The number of halogens is 3. The fourth-order valence-corrected chi connectivity index (χ4v) is 4.20. The van der Waals surface area contributed by atoms with Gasteiger partial charge in [0, 0.05) is 27.1 Å². The summed E-state index contributed by atoms with van der Waals surface area (Å²) in [4.78, 5) is 53.8. The van der Waals surface area contributed by atoms with Crippen LogP contribution in [-0.4, -0.2) is 45.4 Å². The van der Waals surface area contributed by atoms with Crippen LogP contribution in [-0.2, 0) is 0 Å². The van der Waals surface area contributed by atoms with Crippen LogP contribution < -0.4 is 0 Å². The van der Waals surface area contributed by atoms with Crippen molar-refractivity contribution in [2.75, 3.05) is 5.88 Å². The molecule has 0 saturated carbocycles. The molecule has 3 amide bonds. The largest absolute Gasteiger partial charge is 0.292 e. The maximum absolute atomic E-state index is 13.7. The SMILES string of the molecule is O=C(c1ccc(Cl)cc1)[C@H](CCCl)N(C(=O)c1ccc(Cl)cc1)N1C(=O)c2ccccc2C1=O. The van der Waals surface area contributed by atoms with Gasteiger partial charge in [-0.25, -0.2) is 5.01 Å². The highest BCUT2D eigenvalue weighted by molar-refractivity contribution is 6.31. The molecule has 172 valence electrons. The Morgan fingerprint density at radius 1 is 0.765 bits per heavy atom. The van der Waals surface area contributed by atoms with Crippen LogP contribution >= 0.6 is 34.8 Å². The van der Waals surface area contributed by atoms with Crippen LogP contribution in [0.2, 0.25) is 10.0 Å². The molecular weight excluding hydrogens is 499 g/mol. The van der Waals surface area contributed by atoms with Gasteiger partial charge in [-0.2, -0.15) is 5.01 Å². The Labute approximate surface area is 210 Å². The Kier molecular flexibility index (Phi) is 7.03. The van der Waals surface area contributed by atoms with Crippen LogP contribution in [0.3, 0.4) is 0 Å². The number of imide groups is 1. The average molecular weight is 516 g/mol. The summed E-state index contributed by atoms with van der Waals surface area (Å²) in [5.74, 6) is -2.62. The second kappa shape index (κ2) is 9.97. The summed E-state index contributed by atoms with van der Waals surface area (Å²) < 4.78 is 0. The van der Waals surface area contributed by atoms with Crippen molar-refractivity contribution in [3.05, 3.63) is 105 Å². The van der Waals surface area contributed by atoms with E-state index in [-0.39, 0.29) is 34.6 Å². The smallest absolute Gasteiger partial charge is 0.280 e. The van der Waals surface area contributed by atoms with Gasteiger partial charge in [-0.3, -0.25) is 19.2 Å². The summed E-state index contributed by atoms with van der Waals surface area (Å²) in [6.45, 7) is 0. The van der Waals surface area contributed by atoms with Crippen molar-refractivity contribution in [3.8, 4) is 0 Å². The Morgan fingerprint density at radius 3 is 1.71 bits per heavy atom. The summed E-state index contributed by atoms with van der Waals surface area (Å²) in [7, 11) is 0. The van der Waals surface area contributed by atoms with Crippen molar-refractivity contribution >= 4 is 58.3 Å². The highest BCUT2D eigenvalue weighted by atomic mass is 35.5. The molecule has 1 heterocycles. The minimum atomic E-state index is -1.23. The number of nitrogens with zero attached hydrogens (tertiary/aromatic N) is 2. The van der Waals surface area contributed by atoms with Crippen LogP contribution in [0.4, 0.5) is 0 Å². The van der Waals surface area contributed by atoms with Crippen LogP contribution in [0, 0.1) is 0 Å². The third-order valence-corrected chi connectivity index (χ3v) is 6.12. The van der Waals surface area contributed by atoms with Gasteiger partial charge in [0.15, 0.2) is 5.78 Å². The number of benzene rings is 3. The van der Waals surface area contributed by atoms with Crippen LogP contribution in [0.15, 0.2) is 72.8 Å². The van der Waals surface area contributed by atoms with E-state index in [1.807, 2.05) is 0 Å². The van der Waals surface area contributed by atoms with Crippen LogP contribution in [0.5, 0.6) is 0 Å². The van der Waals surface area contributed by atoms with E-state index in [4.69, 9.17) is 34.8 Å². The molecule has 1 aliphatic heterocycles. The average Bonchev–Trinajstić information content (AvgIpc) is 3.09. The van der Waals surface area contributed by atoms with E-state index >= 15 is 0 Å². The minimum Gasteiger partial charge on any atom is -0.292 e. The lowest BCUT2D eigenvalue weighted by molar-refractivity contribution is -0.00960. The molecule has 0 bridgehead atoms. The fraction of sp³-hybridized carbons (Fsp3) is 0.120. The molecule has 0 aromatic heterocycles. The molecule has 0 aliphatic carbocycles. The topological polar surface area (TPSA) is 74.8 Å². The van der Waals surface area contributed by atoms with Gasteiger partial charge < -0.3 is 0 Å². The van der Waals surface area contributed by atoms with E-state index < -0.39 is 29.5 Å². The lowest BCUT2D eigenvalue weighted by atomic mass is 10.0. The fourth-order valence-electron chi connectivity index (χ4n) is 3.74. The second-order valence-corrected chi connectivity index (χ2v) is 8.74. The third kappa shape index (κ3) is 4.44. The molecule has 1 aliphatic rings. The molecule has 0 unspecified atom stereocenters. The van der Waals surface area contributed by atoms with Gasteiger partial charge in [-0.1, -0.05) is 35.3 Å². The van der Waals surface area contributed by atoms with E-state index in [9.17, 15) is 19.2 Å². The lowest BCUT2D eigenvalue weighted by Crippen LogP contribution is -2.57. The number of hydrogen-bond acceptors (Lipinski definition) is 4. The molecule has 1 atom stereocenters. The molecule has 34 heavy (non-hydrogen) atoms. The normalized spacial score (nSPS) is 13.6. The highest BCUT2D eigenvalue weighted by Crippen LogP contribution is 2.29. The highest BCUT2D eigenvalue weighted by Gasteiger charge is 2.46. The number of hydrogen-bond donors (Lipinski definition) is 0. The molecule has 4 rings (SSSR count).